The highest BCUT2D eigenvalue weighted by Gasteiger charge is 2.44. The largest absolute Gasteiger partial charge is 0.463 e. The molecule has 1 heterocycles. The van der Waals surface area contributed by atoms with E-state index in [1.807, 2.05) is 49.9 Å². The van der Waals surface area contributed by atoms with Gasteiger partial charge >= 0.3 is 5.97 Å². The third kappa shape index (κ3) is 7.85. The molecule has 0 radical (unpaired) electrons. The lowest BCUT2D eigenvalue weighted by Crippen LogP contribution is -2.27. The van der Waals surface area contributed by atoms with Crippen molar-refractivity contribution in [1.29, 1.82) is 0 Å². The molecule has 1 saturated heterocycles. The van der Waals surface area contributed by atoms with Crippen LogP contribution in [0.1, 0.15) is 52.4 Å². The Balaban J connectivity index is 1.41. The van der Waals surface area contributed by atoms with E-state index in [-0.39, 0.29) is 24.1 Å². The van der Waals surface area contributed by atoms with Crippen LogP contribution in [0.3, 0.4) is 0 Å². The Hall–Kier alpha value is -0.950. The van der Waals surface area contributed by atoms with Crippen molar-refractivity contribution < 1.29 is 19.7 Å². The first kappa shape index (κ1) is 24.7. The van der Waals surface area contributed by atoms with Crippen LogP contribution in [0.4, 0.5) is 0 Å². The number of carbonyl (C=O) groups excluding carboxylic acids is 1. The van der Waals surface area contributed by atoms with Crippen LogP contribution in [0.5, 0.6) is 0 Å². The van der Waals surface area contributed by atoms with Crippen molar-refractivity contribution in [3.05, 3.63) is 42.5 Å². The zero-order valence-electron chi connectivity index (χ0n) is 18.6. The maximum atomic E-state index is 11.7. The van der Waals surface area contributed by atoms with Crippen LogP contribution in [0.15, 0.2) is 47.4 Å². The number of thioether (sulfide) groups is 2. The summed E-state index contributed by atoms with van der Waals surface area (Å²) in [6, 6.07) is 10.1. The molecule has 6 atom stereocenters. The van der Waals surface area contributed by atoms with Gasteiger partial charge in [-0.15, -0.1) is 11.8 Å². The van der Waals surface area contributed by atoms with Gasteiger partial charge in [0.1, 0.15) is 0 Å². The number of esters is 1. The minimum atomic E-state index is -0.508. The Labute approximate surface area is 195 Å². The fourth-order valence-electron chi connectivity index (χ4n) is 4.62. The Morgan fingerprint density at radius 3 is 2.81 bits per heavy atom. The second-order valence-electron chi connectivity index (χ2n) is 8.93. The molecule has 1 aliphatic carbocycles. The third-order valence-corrected chi connectivity index (χ3v) is 8.93. The molecule has 4 nitrogen and oxygen atoms in total. The number of fused-ring (bicyclic) bond motifs is 1. The molecule has 0 aromatic heterocycles. The quantitative estimate of drug-likeness (QED) is 0.286. The highest BCUT2D eigenvalue weighted by molar-refractivity contribution is 8.00. The molecule has 6 heteroatoms. The predicted molar refractivity (Wildman–Crippen MR) is 129 cm³/mol. The molecule has 0 unspecified atom stereocenters. The van der Waals surface area contributed by atoms with Crippen molar-refractivity contribution in [3.63, 3.8) is 0 Å². The lowest BCUT2D eigenvalue weighted by Gasteiger charge is -2.33. The smallest absolute Gasteiger partial charge is 0.306 e. The molecule has 0 amide bonds. The van der Waals surface area contributed by atoms with Gasteiger partial charge in [-0.25, -0.2) is 0 Å². The van der Waals surface area contributed by atoms with E-state index in [1.54, 1.807) is 11.8 Å². The number of hydrogen-bond donors (Lipinski definition) is 2. The highest BCUT2D eigenvalue weighted by atomic mass is 32.2. The van der Waals surface area contributed by atoms with Crippen LogP contribution in [0.2, 0.25) is 0 Å². The second-order valence-corrected chi connectivity index (χ2v) is 11.6. The van der Waals surface area contributed by atoms with Crippen LogP contribution in [0.25, 0.3) is 0 Å². The topological polar surface area (TPSA) is 66.8 Å². The zero-order chi connectivity index (χ0) is 22.2. The number of benzene rings is 1. The monoisotopic (exact) mass is 464 g/mol. The Morgan fingerprint density at radius 1 is 1.29 bits per heavy atom. The van der Waals surface area contributed by atoms with Crippen LogP contribution < -0.4 is 0 Å². The van der Waals surface area contributed by atoms with Gasteiger partial charge in [-0.3, -0.25) is 4.79 Å². The van der Waals surface area contributed by atoms with Crippen LogP contribution in [-0.4, -0.2) is 50.7 Å². The van der Waals surface area contributed by atoms with E-state index < -0.39 is 6.10 Å². The minimum Gasteiger partial charge on any atom is -0.463 e. The summed E-state index contributed by atoms with van der Waals surface area (Å²) in [4.78, 5) is 12.9. The van der Waals surface area contributed by atoms with Gasteiger partial charge in [-0.05, 0) is 64.0 Å². The van der Waals surface area contributed by atoms with Crippen LogP contribution in [0, 0.1) is 11.8 Å². The number of ether oxygens (including phenoxy) is 1. The molecule has 3 rings (SSSR count). The van der Waals surface area contributed by atoms with Crippen molar-refractivity contribution in [2.45, 2.75) is 86.1 Å². The molecule has 2 aliphatic rings. The SMILES string of the molecule is CC(C)OC(=O)CCC[C@H]1CC[C@@H]2[C@@H](C=C[C@@H](O)CSc3ccccc3)[C@H](O)C[C@@H]2S1. The number of aliphatic hydroxyl groups excluding tert-OH is 2. The van der Waals surface area contributed by atoms with Gasteiger partial charge < -0.3 is 14.9 Å². The first-order valence-electron chi connectivity index (χ1n) is 11.5. The minimum absolute atomic E-state index is 0.0438. The van der Waals surface area contributed by atoms with Crippen molar-refractivity contribution in [3.8, 4) is 0 Å². The lowest BCUT2D eigenvalue weighted by atomic mass is 9.88. The summed E-state index contributed by atoms with van der Waals surface area (Å²) < 4.78 is 5.22. The van der Waals surface area contributed by atoms with Gasteiger partial charge in [0.2, 0.25) is 0 Å². The fourth-order valence-corrected chi connectivity index (χ4v) is 7.34. The van der Waals surface area contributed by atoms with E-state index in [4.69, 9.17) is 4.74 Å². The van der Waals surface area contributed by atoms with Crippen LogP contribution in [-0.2, 0) is 9.53 Å². The molecule has 1 aromatic carbocycles. The van der Waals surface area contributed by atoms with Gasteiger partial charge in [-0.2, -0.15) is 11.8 Å². The summed E-state index contributed by atoms with van der Waals surface area (Å²) >= 11 is 3.65. The standard InChI is InChI=1S/C25H36O4S2/c1-17(2)29-25(28)10-6-9-20-12-14-22-21(23(27)15-24(22)31-20)13-11-18(26)16-30-19-7-4-3-5-8-19/h3-5,7-8,11,13,17-18,20-24,26-27H,6,9-10,12,14-16H2,1-2H3/t18-,20+,21-,22-,23-,24+/m1/s1. The maximum absolute atomic E-state index is 11.7. The molecule has 1 aromatic rings. The number of rotatable bonds is 10. The Morgan fingerprint density at radius 2 is 2.06 bits per heavy atom. The molecule has 2 fully saturated rings. The molecule has 1 aliphatic heterocycles. The zero-order valence-corrected chi connectivity index (χ0v) is 20.2. The van der Waals surface area contributed by atoms with Gasteiger partial charge in [0.15, 0.2) is 0 Å². The summed E-state index contributed by atoms with van der Waals surface area (Å²) in [6.07, 6.45) is 8.54. The van der Waals surface area contributed by atoms with E-state index >= 15 is 0 Å². The van der Waals surface area contributed by atoms with Gasteiger partial charge in [-0.1, -0.05) is 30.4 Å². The summed E-state index contributed by atoms with van der Waals surface area (Å²) in [5.41, 5.74) is 0. The molecule has 172 valence electrons. The fraction of sp³-hybridized carbons (Fsp3) is 0.640. The first-order valence-corrected chi connectivity index (χ1v) is 13.4. The normalized spacial score (nSPS) is 29.3. The molecule has 31 heavy (non-hydrogen) atoms. The average molecular weight is 465 g/mol. The summed E-state index contributed by atoms with van der Waals surface area (Å²) in [7, 11) is 0. The Kier molecular flexibility index (Phi) is 9.82. The van der Waals surface area contributed by atoms with Crippen molar-refractivity contribution in [2.75, 3.05) is 5.75 Å². The van der Waals surface area contributed by atoms with E-state index in [2.05, 4.69) is 18.2 Å². The highest BCUT2D eigenvalue weighted by Crippen LogP contribution is 2.49. The summed E-state index contributed by atoms with van der Waals surface area (Å²) in [5.74, 6) is 1.13. The molecule has 0 bridgehead atoms. The number of hydrogen-bond acceptors (Lipinski definition) is 6. The lowest BCUT2D eigenvalue weighted by molar-refractivity contribution is -0.147. The van der Waals surface area contributed by atoms with Gasteiger partial charge in [0, 0.05) is 33.5 Å². The van der Waals surface area contributed by atoms with Crippen LogP contribution >= 0.6 is 23.5 Å². The molecule has 1 saturated carbocycles. The third-order valence-electron chi connectivity index (χ3n) is 6.07. The van der Waals surface area contributed by atoms with Gasteiger partial charge in [0.05, 0.1) is 18.3 Å². The number of aliphatic hydroxyl groups is 2. The van der Waals surface area contributed by atoms with E-state index in [0.29, 0.717) is 28.6 Å². The molecular formula is C25H36O4S2. The van der Waals surface area contributed by atoms with E-state index in [9.17, 15) is 15.0 Å². The van der Waals surface area contributed by atoms with Crippen molar-refractivity contribution in [2.24, 2.45) is 11.8 Å². The summed E-state index contributed by atoms with van der Waals surface area (Å²) in [5, 5.41) is 22.0. The van der Waals surface area contributed by atoms with Crippen molar-refractivity contribution in [1.82, 2.24) is 0 Å². The van der Waals surface area contributed by atoms with E-state index in [1.165, 1.54) is 0 Å². The summed E-state index contributed by atoms with van der Waals surface area (Å²) in [6.45, 7) is 3.76. The van der Waals surface area contributed by atoms with Crippen molar-refractivity contribution >= 4 is 29.5 Å². The maximum Gasteiger partial charge on any atom is 0.306 e. The first-order chi connectivity index (χ1) is 14.9. The predicted octanol–water partition coefficient (Wildman–Crippen LogP) is 5.08. The molecule has 2 N–H and O–H groups in total. The molecule has 0 spiro atoms. The number of carbonyl (C=O) groups is 1. The average Bonchev–Trinajstić information content (AvgIpc) is 3.05. The molecular weight excluding hydrogens is 428 g/mol. The Bertz CT molecular complexity index is 709. The van der Waals surface area contributed by atoms with E-state index in [0.717, 1.165) is 37.0 Å². The second kappa shape index (κ2) is 12.3. The van der Waals surface area contributed by atoms with Gasteiger partial charge in [0.25, 0.3) is 0 Å².